The summed E-state index contributed by atoms with van der Waals surface area (Å²) < 4.78 is 53.8. The summed E-state index contributed by atoms with van der Waals surface area (Å²) in [5.41, 5.74) is 2.04. The maximum atomic E-state index is 14.5. The molecule has 27 heavy (non-hydrogen) atoms. The zero-order valence-corrected chi connectivity index (χ0v) is 14.9. The van der Waals surface area contributed by atoms with Crippen molar-refractivity contribution in [2.24, 2.45) is 0 Å². The van der Waals surface area contributed by atoms with E-state index in [0.29, 0.717) is 39.5 Å². The van der Waals surface area contributed by atoms with Crippen molar-refractivity contribution < 1.29 is 22.3 Å². The highest BCUT2D eigenvalue weighted by Gasteiger charge is 2.21. The first kappa shape index (κ1) is 17.5. The van der Waals surface area contributed by atoms with Crippen molar-refractivity contribution in [2.45, 2.75) is 20.3 Å². The summed E-state index contributed by atoms with van der Waals surface area (Å²) in [6.45, 7) is 3.79. The first-order chi connectivity index (χ1) is 13.0. The molecule has 0 N–H and O–H groups in total. The van der Waals surface area contributed by atoms with Crippen molar-refractivity contribution in [1.82, 2.24) is 0 Å². The molecule has 0 fully saturated rings. The van der Waals surface area contributed by atoms with Gasteiger partial charge in [-0.2, -0.15) is 8.78 Å². The minimum atomic E-state index is -1.09. The van der Waals surface area contributed by atoms with Gasteiger partial charge in [0.25, 0.3) is 0 Å². The van der Waals surface area contributed by atoms with Gasteiger partial charge in [-0.15, -0.1) is 0 Å². The molecule has 0 saturated carbocycles. The van der Waals surface area contributed by atoms with E-state index >= 15 is 0 Å². The molecular formula is C22H17F3O2. The molecule has 0 saturated heterocycles. The van der Waals surface area contributed by atoms with Crippen LogP contribution in [0.2, 0.25) is 0 Å². The summed E-state index contributed by atoms with van der Waals surface area (Å²) >= 11 is 0. The molecule has 138 valence electrons. The fourth-order valence-corrected chi connectivity index (χ4v) is 3.34. The summed E-state index contributed by atoms with van der Waals surface area (Å²) in [7, 11) is 0. The van der Waals surface area contributed by atoms with Crippen molar-refractivity contribution in [3.63, 3.8) is 0 Å². The molecule has 0 aliphatic rings. The third-order valence-corrected chi connectivity index (χ3v) is 4.68. The Bertz CT molecular complexity index is 1160. The van der Waals surface area contributed by atoms with Crippen molar-refractivity contribution >= 4 is 21.9 Å². The highest BCUT2D eigenvalue weighted by molar-refractivity contribution is 6.10. The van der Waals surface area contributed by atoms with Crippen LogP contribution in [0.15, 0.2) is 46.9 Å². The molecule has 5 heteroatoms. The number of aryl methyl sites for hydroxylation is 1. The fourth-order valence-electron chi connectivity index (χ4n) is 3.34. The van der Waals surface area contributed by atoms with Gasteiger partial charge < -0.3 is 9.15 Å². The quantitative estimate of drug-likeness (QED) is 0.402. The smallest absolute Gasteiger partial charge is 0.205 e. The summed E-state index contributed by atoms with van der Waals surface area (Å²) in [5, 5.41) is 1.03. The van der Waals surface area contributed by atoms with E-state index in [1.165, 1.54) is 12.1 Å². The first-order valence-electron chi connectivity index (χ1n) is 8.80. The molecule has 4 rings (SSSR count). The van der Waals surface area contributed by atoms with Crippen LogP contribution in [0.3, 0.4) is 0 Å². The van der Waals surface area contributed by atoms with E-state index in [1.807, 2.05) is 6.92 Å². The molecule has 0 aliphatic carbocycles. The second-order valence-electron chi connectivity index (χ2n) is 6.26. The van der Waals surface area contributed by atoms with Gasteiger partial charge in [-0.05, 0) is 36.6 Å². The van der Waals surface area contributed by atoms with Gasteiger partial charge in [-0.1, -0.05) is 37.3 Å². The van der Waals surface area contributed by atoms with Gasteiger partial charge >= 0.3 is 0 Å². The normalized spacial score (nSPS) is 11.4. The van der Waals surface area contributed by atoms with Crippen LogP contribution in [0.25, 0.3) is 33.1 Å². The Balaban J connectivity index is 2.00. The first-order valence-corrected chi connectivity index (χ1v) is 8.80. The van der Waals surface area contributed by atoms with E-state index in [2.05, 4.69) is 0 Å². The number of fused-ring (bicyclic) bond motifs is 3. The minimum Gasteiger partial charge on any atom is -0.491 e. The molecule has 0 amide bonds. The van der Waals surface area contributed by atoms with Crippen LogP contribution < -0.4 is 4.74 Å². The molecule has 0 unspecified atom stereocenters. The maximum Gasteiger partial charge on any atom is 0.205 e. The SMILES string of the molecule is CCOc1cc2c(oc3c(-c4ccc(CC)c(F)c4)cccc32)c(F)c1F. The van der Waals surface area contributed by atoms with Crippen molar-refractivity contribution in [3.8, 4) is 16.9 Å². The van der Waals surface area contributed by atoms with Gasteiger partial charge in [0, 0.05) is 16.3 Å². The Kier molecular flexibility index (Phi) is 4.30. The van der Waals surface area contributed by atoms with Crippen molar-refractivity contribution in [2.75, 3.05) is 6.61 Å². The lowest BCUT2D eigenvalue weighted by molar-refractivity contribution is 0.314. The second kappa shape index (κ2) is 6.65. The Hall–Kier alpha value is -2.95. The van der Waals surface area contributed by atoms with Crippen LogP contribution in [0, 0.1) is 17.5 Å². The summed E-state index contributed by atoms with van der Waals surface area (Å²) in [4.78, 5) is 0. The molecular weight excluding hydrogens is 353 g/mol. The van der Waals surface area contributed by atoms with Crippen LogP contribution in [0.5, 0.6) is 5.75 Å². The van der Waals surface area contributed by atoms with Crippen LogP contribution in [-0.2, 0) is 6.42 Å². The van der Waals surface area contributed by atoms with Gasteiger partial charge in [-0.3, -0.25) is 0 Å². The van der Waals surface area contributed by atoms with E-state index in [9.17, 15) is 13.2 Å². The van der Waals surface area contributed by atoms with E-state index < -0.39 is 11.6 Å². The van der Waals surface area contributed by atoms with Gasteiger partial charge in [0.1, 0.15) is 11.4 Å². The lowest BCUT2D eigenvalue weighted by atomic mass is 10.00. The number of rotatable bonds is 4. The largest absolute Gasteiger partial charge is 0.491 e. The highest BCUT2D eigenvalue weighted by Crippen LogP contribution is 2.39. The van der Waals surface area contributed by atoms with Crippen LogP contribution in [-0.4, -0.2) is 6.61 Å². The average molecular weight is 370 g/mol. The lowest BCUT2D eigenvalue weighted by Gasteiger charge is -2.06. The second-order valence-corrected chi connectivity index (χ2v) is 6.26. The zero-order chi connectivity index (χ0) is 19.1. The third-order valence-electron chi connectivity index (χ3n) is 4.68. The van der Waals surface area contributed by atoms with Crippen LogP contribution >= 0.6 is 0 Å². The number of halogens is 3. The highest BCUT2D eigenvalue weighted by atomic mass is 19.2. The molecule has 1 aromatic heterocycles. The van der Waals surface area contributed by atoms with Crippen LogP contribution in [0.4, 0.5) is 13.2 Å². The topological polar surface area (TPSA) is 22.4 Å². The predicted molar refractivity (Wildman–Crippen MR) is 99.6 cm³/mol. The number of benzene rings is 3. The predicted octanol–water partition coefficient (Wildman–Crippen LogP) is 6.63. The third kappa shape index (κ3) is 2.74. The number of ether oxygens (including phenoxy) is 1. The van der Waals surface area contributed by atoms with Crippen molar-refractivity contribution in [1.29, 1.82) is 0 Å². The van der Waals surface area contributed by atoms with Gasteiger partial charge in [0.2, 0.25) is 11.6 Å². The Morgan fingerprint density at radius 2 is 1.70 bits per heavy atom. The number of hydrogen-bond acceptors (Lipinski definition) is 2. The number of hydrogen-bond donors (Lipinski definition) is 0. The number of para-hydroxylation sites is 1. The lowest BCUT2D eigenvalue weighted by Crippen LogP contribution is -1.97. The Morgan fingerprint density at radius 3 is 2.41 bits per heavy atom. The molecule has 0 radical (unpaired) electrons. The molecule has 4 aromatic rings. The van der Waals surface area contributed by atoms with Gasteiger partial charge in [0.05, 0.1) is 6.61 Å². The van der Waals surface area contributed by atoms with E-state index in [1.54, 1.807) is 37.3 Å². The standard InChI is InChI=1S/C22H17F3O2/c1-3-12-8-9-13(10-17(12)23)14-6-5-7-15-16-11-18(26-4-2)19(24)20(25)22(16)27-21(14)15/h5-11H,3-4H2,1-2H3. The van der Waals surface area contributed by atoms with E-state index in [0.717, 1.165) is 0 Å². The number of furan rings is 1. The minimum absolute atomic E-state index is 0.158. The Morgan fingerprint density at radius 1 is 0.889 bits per heavy atom. The maximum absolute atomic E-state index is 14.5. The van der Waals surface area contributed by atoms with Crippen LogP contribution in [0.1, 0.15) is 19.4 Å². The molecule has 0 bridgehead atoms. The van der Waals surface area contributed by atoms with E-state index in [-0.39, 0.29) is 23.8 Å². The Labute approximate surface area is 154 Å². The molecule has 3 aromatic carbocycles. The fraction of sp³-hybridized carbons (Fsp3) is 0.182. The zero-order valence-electron chi connectivity index (χ0n) is 14.9. The average Bonchev–Trinajstić information content (AvgIpc) is 3.05. The van der Waals surface area contributed by atoms with Crippen molar-refractivity contribution in [3.05, 3.63) is 65.5 Å². The molecule has 0 spiro atoms. The van der Waals surface area contributed by atoms with Gasteiger partial charge in [0.15, 0.2) is 11.3 Å². The van der Waals surface area contributed by atoms with Gasteiger partial charge in [-0.25, -0.2) is 4.39 Å². The monoisotopic (exact) mass is 370 g/mol. The molecule has 2 nitrogen and oxygen atoms in total. The summed E-state index contributed by atoms with van der Waals surface area (Å²) in [6.07, 6.45) is 0.589. The molecule has 1 heterocycles. The summed E-state index contributed by atoms with van der Waals surface area (Å²) in [5.74, 6) is -2.64. The molecule has 0 aliphatic heterocycles. The summed E-state index contributed by atoms with van der Waals surface area (Å²) in [6, 6.07) is 11.7. The molecule has 0 atom stereocenters. The van der Waals surface area contributed by atoms with E-state index in [4.69, 9.17) is 9.15 Å².